The van der Waals surface area contributed by atoms with Gasteiger partial charge < -0.3 is 10.6 Å². The Hall–Kier alpha value is -0.590. The lowest BCUT2D eigenvalue weighted by molar-refractivity contribution is 0.165. The third-order valence-electron chi connectivity index (χ3n) is 5.13. The third kappa shape index (κ3) is 3.05. The molecule has 0 heterocycles. The second-order valence-electron chi connectivity index (χ2n) is 6.96. The van der Waals surface area contributed by atoms with E-state index >= 15 is 0 Å². The lowest BCUT2D eigenvalue weighted by Crippen LogP contribution is -2.44. The molecule has 5 atom stereocenters. The zero-order valence-electron chi connectivity index (χ0n) is 12.0. The number of hydrogen-bond acceptors (Lipinski definition) is 3. The Labute approximate surface area is 111 Å². The standard InChI is InChI=1S/C15H27N3/c1-11(8-15(2,17)10-16)18(3)9-14-7-12-4-5-13(14)6-12/h11-14H,4-9,17H2,1-3H3. The summed E-state index contributed by atoms with van der Waals surface area (Å²) >= 11 is 0. The molecule has 102 valence electrons. The SMILES string of the molecule is CC(CC(C)(N)C#N)N(C)CC1CC2CCC1C2. The predicted octanol–water partition coefficient (Wildman–Crippen LogP) is 2.37. The van der Waals surface area contributed by atoms with Crippen molar-refractivity contribution in [1.29, 1.82) is 5.26 Å². The topological polar surface area (TPSA) is 53.1 Å². The van der Waals surface area contributed by atoms with Crippen molar-refractivity contribution in [3.63, 3.8) is 0 Å². The van der Waals surface area contributed by atoms with Crippen molar-refractivity contribution in [2.45, 2.75) is 57.5 Å². The summed E-state index contributed by atoms with van der Waals surface area (Å²) in [5, 5.41) is 9.00. The van der Waals surface area contributed by atoms with E-state index in [1.165, 1.54) is 32.2 Å². The van der Waals surface area contributed by atoms with Crippen LogP contribution in [0.15, 0.2) is 0 Å². The summed E-state index contributed by atoms with van der Waals surface area (Å²) in [6.07, 6.45) is 6.57. The second-order valence-corrected chi connectivity index (χ2v) is 6.96. The number of nitriles is 1. The molecule has 0 spiro atoms. The average molecular weight is 249 g/mol. The van der Waals surface area contributed by atoms with E-state index in [0.717, 1.165) is 24.2 Å². The van der Waals surface area contributed by atoms with Crippen LogP contribution >= 0.6 is 0 Å². The highest BCUT2D eigenvalue weighted by Gasteiger charge is 2.40. The molecular formula is C15H27N3. The van der Waals surface area contributed by atoms with Crippen molar-refractivity contribution in [2.24, 2.45) is 23.5 Å². The van der Waals surface area contributed by atoms with Gasteiger partial charge in [-0.2, -0.15) is 5.26 Å². The molecule has 2 bridgehead atoms. The van der Waals surface area contributed by atoms with Crippen molar-refractivity contribution < 1.29 is 0 Å². The Morgan fingerprint density at radius 3 is 2.67 bits per heavy atom. The fourth-order valence-electron chi connectivity index (χ4n) is 3.97. The number of rotatable bonds is 5. The molecule has 2 fully saturated rings. The van der Waals surface area contributed by atoms with Crippen LogP contribution in [0, 0.1) is 29.1 Å². The minimum Gasteiger partial charge on any atom is -0.314 e. The highest BCUT2D eigenvalue weighted by Crippen LogP contribution is 2.48. The van der Waals surface area contributed by atoms with Gasteiger partial charge in [-0.15, -0.1) is 0 Å². The van der Waals surface area contributed by atoms with Gasteiger partial charge in [-0.25, -0.2) is 0 Å². The predicted molar refractivity (Wildman–Crippen MR) is 73.9 cm³/mol. The number of fused-ring (bicyclic) bond motifs is 2. The minimum absolute atomic E-state index is 0.388. The molecule has 0 aromatic rings. The van der Waals surface area contributed by atoms with Crippen LogP contribution in [-0.4, -0.2) is 30.1 Å². The van der Waals surface area contributed by atoms with Gasteiger partial charge in [-0.1, -0.05) is 6.42 Å². The van der Waals surface area contributed by atoms with Crippen LogP contribution in [0.1, 0.15) is 46.0 Å². The lowest BCUT2D eigenvalue weighted by atomic mass is 9.87. The van der Waals surface area contributed by atoms with E-state index in [1.807, 2.05) is 6.92 Å². The van der Waals surface area contributed by atoms with E-state index in [0.29, 0.717) is 6.04 Å². The first-order valence-electron chi connectivity index (χ1n) is 7.31. The van der Waals surface area contributed by atoms with Crippen LogP contribution in [0.5, 0.6) is 0 Å². The molecule has 0 aliphatic heterocycles. The molecule has 2 saturated carbocycles. The lowest BCUT2D eigenvalue weighted by Gasteiger charge is -2.33. The largest absolute Gasteiger partial charge is 0.314 e. The molecule has 0 amide bonds. The summed E-state index contributed by atoms with van der Waals surface area (Å²) in [5.74, 6) is 2.88. The fraction of sp³-hybridized carbons (Fsp3) is 0.933. The minimum atomic E-state index is -0.692. The normalized spacial score (nSPS) is 35.4. The number of nitrogens with two attached hydrogens (primary N) is 1. The van der Waals surface area contributed by atoms with Crippen LogP contribution in [0.4, 0.5) is 0 Å². The molecule has 3 heteroatoms. The summed E-state index contributed by atoms with van der Waals surface area (Å²) in [5.41, 5.74) is 5.24. The van der Waals surface area contributed by atoms with Gasteiger partial charge in [-0.3, -0.25) is 0 Å². The van der Waals surface area contributed by atoms with Crippen LogP contribution < -0.4 is 5.73 Å². The van der Waals surface area contributed by atoms with Gasteiger partial charge in [0.25, 0.3) is 0 Å². The van der Waals surface area contributed by atoms with Crippen molar-refractivity contribution in [3.8, 4) is 6.07 Å². The molecule has 2 aliphatic rings. The zero-order chi connectivity index (χ0) is 13.3. The van der Waals surface area contributed by atoms with Gasteiger partial charge in [0, 0.05) is 12.6 Å². The van der Waals surface area contributed by atoms with E-state index in [2.05, 4.69) is 24.9 Å². The molecule has 2 aliphatic carbocycles. The van der Waals surface area contributed by atoms with Crippen molar-refractivity contribution >= 4 is 0 Å². The molecule has 3 nitrogen and oxygen atoms in total. The zero-order valence-corrected chi connectivity index (χ0v) is 12.0. The first kappa shape index (κ1) is 13.8. The highest BCUT2D eigenvalue weighted by molar-refractivity contribution is 5.03. The van der Waals surface area contributed by atoms with Gasteiger partial charge in [0.05, 0.1) is 6.07 Å². The Kier molecular flexibility index (Phi) is 3.99. The quantitative estimate of drug-likeness (QED) is 0.814. The van der Waals surface area contributed by atoms with Crippen LogP contribution in [0.3, 0.4) is 0 Å². The summed E-state index contributed by atoms with van der Waals surface area (Å²) in [6.45, 7) is 5.20. The average Bonchev–Trinajstić information content (AvgIpc) is 2.90. The maximum Gasteiger partial charge on any atom is 0.102 e. The Balaban J connectivity index is 1.81. The Morgan fingerprint density at radius 1 is 1.44 bits per heavy atom. The smallest absolute Gasteiger partial charge is 0.102 e. The number of hydrogen-bond donors (Lipinski definition) is 1. The molecule has 0 aromatic carbocycles. The fourth-order valence-corrected chi connectivity index (χ4v) is 3.97. The van der Waals surface area contributed by atoms with Crippen molar-refractivity contribution in [3.05, 3.63) is 0 Å². The van der Waals surface area contributed by atoms with Crippen LogP contribution in [0.2, 0.25) is 0 Å². The van der Waals surface area contributed by atoms with Crippen molar-refractivity contribution in [2.75, 3.05) is 13.6 Å². The maximum atomic E-state index is 9.00. The monoisotopic (exact) mass is 249 g/mol. The van der Waals surface area contributed by atoms with Crippen LogP contribution in [-0.2, 0) is 0 Å². The molecule has 5 unspecified atom stereocenters. The van der Waals surface area contributed by atoms with Gasteiger partial charge in [-0.05, 0) is 64.3 Å². The summed E-state index contributed by atoms with van der Waals surface area (Å²) < 4.78 is 0. The summed E-state index contributed by atoms with van der Waals surface area (Å²) in [7, 11) is 2.18. The van der Waals surface area contributed by atoms with E-state index in [1.54, 1.807) is 0 Å². The summed E-state index contributed by atoms with van der Waals surface area (Å²) in [6, 6.07) is 2.59. The van der Waals surface area contributed by atoms with Gasteiger partial charge in [0.15, 0.2) is 0 Å². The van der Waals surface area contributed by atoms with Crippen LogP contribution in [0.25, 0.3) is 0 Å². The molecule has 2 rings (SSSR count). The third-order valence-corrected chi connectivity index (χ3v) is 5.13. The molecule has 18 heavy (non-hydrogen) atoms. The number of nitrogens with zero attached hydrogens (tertiary/aromatic N) is 2. The van der Waals surface area contributed by atoms with Gasteiger partial charge in [0.1, 0.15) is 5.54 Å². The maximum absolute atomic E-state index is 9.00. The van der Waals surface area contributed by atoms with E-state index in [4.69, 9.17) is 11.0 Å². The molecule has 0 radical (unpaired) electrons. The summed E-state index contributed by atoms with van der Waals surface area (Å²) in [4.78, 5) is 2.41. The van der Waals surface area contributed by atoms with E-state index in [9.17, 15) is 0 Å². The molecule has 0 saturated heterocycles. The molecule has 0 aromatic heterocycles. The first-order valence-corrected chi connectivity index (χ1v) is 7.31. The van der Waals surface area contributed by atoms with Gasteiger partial charge >= 0.3 is 0 Å². The van der Waals surface area contributed by atoms with E-state index < -0.39 is 5.54 Å². The molecular weight excluding hydrogens is 222 g/mol. The van der Waals surface area contributed by atoms with E-state index in [-0.39, 0.29) is 0 Å². The highest BCUT2D eigenvalue weighted by atomic mass is 15.1. The second kappa shape index (κ2) is 5.19. The first-order chi connectivity index (χ1) is 8.41. The molecule has 2 N–H and O–H groups in total. The Morgan fingerprint density at radius 2 is 2.17 bits per heavy atom. The van der Waals surface area contributed by atoms with Gasteiger partial charge in [0.2, 0.25) is 0 Å². The van der Waals surface area contributed by atoms with Crippen molar-refractivity contribution in [1.82, 2.24) is 4.90 Å². The Bertz CT molecular complexity index is 331.